The summed E-state index contributed by atoms with van der Waals surface area (Å²) in [5, 5.41) is 8.49. The van der Waals surface area contributed by atoms with Gasteiger partial charge >= 0.3 is 0 Å². The first-order valence-electron chi connectivity index (χ1n) is 6.94. The summed E-state index contributed by atoms with van der Waals surface area (Å²) in [7, 11) is 0. The number of hydrogen-bond acceptors (Lipinski definition) is 4. The van der Waals surface area contributed by atoms with Crippen molar-refractivity contribution in [3.05, 3.63) is 22.4 Å². The van der Waals surface area contributed by atoms with Crippen molar-refractivity contribution in [1.82, 2.24) is 15.5 Å². The van der Waals surface area contributed by atoms with Gasteiger partial charge in [-0.3, -0.25) is 9.69 Å². The van der Waals surface area contributed by atoms with E-state index in [0.29, 0.717) is 5.41 Å². The third-order valence-corrected chi connectivity index (χ3v) is 5.09. The molecule has 0 bridgehead atoms. The van der Waals surface area contributed by atoms with E-state index in [1.54, 1.807) is 11.3 Å². The second-order valence-corrected chi connectivity index (χ2v) is 6.90. The standard InChI is InChI=1S/C14H21N3OS.ClH/c1-14(4-5-15-9-14)10-17-7-6-16-13(18)12(17)11-3-2-8-19-11;/h2-3,8,12,15H,4-7,9-10H2,1H3,(H,16,18);1H. The molecule has 2 N–H and O–H groups in total. The molecule has 2 unspecified atom stereocenters. The highest BCUT2D eigenvalue weighted by atomic mass is 35.5. The maximum absolute atomic E-state index is 12.2. The number of amides is 1. The lowest BCUT2D eigenvalue weighted by Crippen LogP contribution is -2.52. The molecule has 1 aromatic heterocycles. The summed E-state index contributed by atoms with van der Waals surface area (Å²) in [6.45, 7) is 7.19. The smallest absolute Gasteiger partial charge is 0.242 e. The molecule has 4 nitrogen and oxygen atoms in total. The number of halogens is 1. The molecule has 0 aliphatic carbocycles. The van der Waals surface area contributed by atoms with Gasteiger partial charge in [-0.2, -0.15) is 0 Å². The van der Waals surface area contributed by atoms with Gasteiger partial charge in [0.2, 0.25) is 5.91 Å². The van der Waals surface area contributed by atoms with E-state index < -0.39 is 0 Å². The number of thiophene rings is 1. The van der Waals surface area contributed by atoms with Crippen molar-refractivity contribution in [3.63, 3.8) is 0 Å². The lowest BCUT2D eigenvalue weighted by Gasteiger charge is -2.39. The minimum atomic E-state index is -0.0915. The fraction of sp³-hybridized carbons (Fsp3) is 0.643. The number of rotatable bonds is 3. The average Bonchev–Trinajstić information content (AvgIpc) is 3.01. The third-order valence-electron chi connectivity index (χ3n) is 4.17. The molecule has 2 aliphatic rings. The number of carbonyl (C=O) groups is 1. The normalized spacial score (nSPS) is 30.9. The zero-order valence-corrected chi connectivity index (χ0v) is 13.4. The van der Waals surface area contributed by atoms with E-state index >= 15 is 0 Å². The van der Waals surface area contributed by atoms with Crippen molar-refractivity contribution in [1.29, 1.82) is 0 Å². The number of nitrogens with zero attached hydrogens (tertiary/aromatic N) is 1. The molecule has 20 heavy (non-hydrogen) atoms. The molecule has 0 saturated carbocycles. The van der Waals surface area contributed by atoms with Gasteiger partial charge in [-0.15, -0.1) is 23.7 Å². The minimum Gasteiger partial charge on any atom is -0.353 e. The van der Waals surface area contributed by atoms with Crippen LogP contribution in [0.15, 0.2) is 17.5 Å². The third kappa shape index (κ3) is 3.17. The first-order chi connectivity index (χ1) is 9.18. The van der Waals surface area contributed by atoms with Crippen LogP contribution in [0.3, 0.4) is 0 Å². The van der Waals surface area contributed by atoms with Crippen molar-refractivity contribution in [2.24, 2.45) is 5.41 Å². The molecule has 6 heteroatoms. The summed E-state index contributed by atoms with van der Waals surface area (Å²) in [6, 6.07) is 4.01. The quantitative estimate of drug-likeness (QED) is 0.891. The molecule has 112 valence electrons. The molecular weight excluding hydrogens is 294 g/mol. The Bertz CT molecular complexity index is 445. The van der Waals surface area contributed by atoms with Crippen molar-refractivity contribution < 1.29 is 4.79 Å². The highest BCUT2D eigenvalue weighted by Crippen LogP contribution is 2.32. The van der Waals surface area contributed by atoms with E-state index in [9.17, 15) is 4.79 Å². The van der Waals surface area contributed by atoms with E-state index in [0.717, 1.165) is 37.6 Å². The van der Waals surface area contributed by atoms with E-state index in [-0.39, 0.29) is 24.4 Å². The Morgan fingerprint density at radius 2 is 2.35 bits per heavy atom. The van der Waals surface area contributed by atoms with Crippen LogP contribution < -0.4 is 10.6 Å². The Balaban J connectivity index is 0.00000147. The molecule has 1 amide bonds. The molecule has 3 heterocycles. The summed E-state index contributed by atoms with van der Waals surface area (Å²) in [5.41, 5.74) is 0.299. The van der Waals surface area contributed by atoms with Crippen molar-refractivity contribution in [2.45, 2.75) is 19.4 Å². The van der Waals surface area contributed by atoms with Crippen molar-refractivity contribution in [2.75, 3.05) is 32.7 Å². The lowest BCUT2D eigenvalue weighted by molar-refractivity contribution is -0.129. The molecule has 2 aliphatic heterocycles. The van der Waals surface area contributed by atoms with Crippen LogP contribution >= 0.6 is 23.7 Å². The Morgan fingerprint density at radius 1 is 1.50 bits per heavy atom. The van der Waals surface area contributed by atoms with E-state index in [1.807, 2.05) is 11.4 Å². The first-order valence-corrected chi connectivity index (χ1v) is 7.82. The Morgan fingerprint density at radius 3 is 3.00 bits per heavy atom. The van der Waals surface area contributed by atoms with Crippen LogP contribution in [0.5, 0.6) is 0 Å². The molecule has 2 atom stereocenters. The van der Waals surface area contributed by atoms with Crippen LogP contribution in [0.4, 0.5) is 0 Å². The Hall–Kier alpha value is -0.620. The molecule has 0 radical (unpaired) electrons. The van der Waals surface area contributed by atoms with Gasteiger partial charge in [0.05, 0.1) is 0 Å². The highest BCUT2D eigenvalue weighted by Gasteiger charge is 2.37. The second-order valence-electron chi connectivity index (χ2n) is 5.92. The average molecular weight is 316 g/mol. The number of carbonyl (C=O) groups excluding carboxylic acids is 1. The SMILES string of the molecule is CC1(CN2CCNC(=O)C2c2cccs2)CCNC1.Cl. The van der Waals surface area contributed by atoms with Gasteiger partial charge in [0.1, 0.15) is 6.04 Å². The lowest BCUT2D eigenvalue weighted by atomic mass is 9.88. The monoisotopic (exact) mass is 315 g/mol. The first kappa shape index (κ1) is 15.8. The minimum absolute atomic E-state index is 0. The topological polar surface area (TPSA) is 44.4 Å². The van der Waals surface area contributed by atoms with E-state index in [4.69, 9.17) is 0 Å². The summed E-state index contributed by atoms with van der Waals surface area (Å²) < 4.78 is 0. The maximum Gasteiger partial charge on any atom is 0.242 e. The zero-order chi connectivity index (χ0) is 13.3. The molecule has 2 saturated heterocycles. The van der Waals surface area contributed by atoms with Crippen LogP contribution in [0.25, 0.3) is 0 Å². The van der Waals surface area contributed by atoms with Gasteiger partial charge in [0.15, 0.2) is 0 Å². The second kappa shape index (κ2) is 6.43. The van der Waals surface area contributed by atoms with Gasteiger partial charge in [-0.1, -0.05) is 13.0 Å². The highest BCUT2D eigenvalue weighted by molar-refractivity contribution is 7.10. The molecule has 0 spiro atoms. The predicted octanol–water partition coefficient (Wildman–Crippen LogP) is 1.64. The van der Waals surface area contributed by atoms with Crippen molar-refractivity contribution in [3.8, 4) is 0 Å². The fourth-order valence-electron chi connectivity index (χ4n) is 3.13. The largest absolute Gasteiger partial charge is 0.353 e. The van der Waals surface area contributed by atoms with Gasteiger partial charge in [-0.25, -0.2) is 0 Å². The zero-order valence-electron chi connectivity index (χ0n) is 11.7. The Kier molecular flexibility index (Phi) is 5.07. The molecule has 2 fully saturated rings. The molecular formula is C14H22ClN3OS. The van der Waals surface area contributed by atoms with Gasteiger partial charge in [0.25, 0.3) is 0 Å². The fourth-order valence-corrected chi connectivity index (χ4v) is 3.99. The summed E-state index contributed by atoms with van der Waals surface area (Å²) in [6.07, 6.45) is 1.20. The molecule has 3 rings (SSSR count). The Labute approximate surface area is 130 Å². The maximum atomic E-state index is 12.2. The number of piperazine rings is 1. The number of hydrogen-bond donors (Lipinski definition) is 2. The summed E-state index contributed by atoms with van der Waals surface area (Å²) in [4.78, 5) is 15.7. The van der Waals surface area contributed by atoms with E-state index in [2.05, 4.69) is 28.5 Å². The van der Waals surface area contributed by atoms with Crippen LogP contribution in [0.2, 0.25) is 0 Å². The predicted molar refractivity (Wildman–Crippen MR) is 84.5 cm³/mol. The molecule has 1 aromatic rings. The van der Waals surface area contributed by atoms with Crippen molar-refractivity contribution >= 4 is 29.7 Å². The summed E-state index contributed by atoms with van der Waals surface area (Å²) >= 11 is 1.68. The van der Waals surface area contributed by atoms with E-state index in [1.165, 1.54) is 6.42 Å². The van der Waals surface area contributed by atoms with Crippen LogP contribution in [-0.4, -0.2) is 43.5 Å². The number of nitrogens with one attached hydrogen (secondary N) is 2. The van der Waals surface area contributed by atoms with Gasteiger partial charge in [-0.05, 0) is 29.8 Å². The van der Waals surface area contributed by atoms with Crippen LogP contribution in [0, 0.1) is 5.41 Å². The van der Waals surface area contributed by atoms with Gasteiger partial charge in [0, 0.05) is 31.1 Å². The van der Waals surface area contributed by atoms with Crippen LogP contribution in [0.1, 0.15) is 24.3 Å². The van der Waals surface area contributed by atoms with Gasteiger partial charge < -0.3 is 10.6 Å². The molecule has 0 aromatic carbocycles. The van der Waals surface area contributed by atoms with Crippen LogP contribution in [-0.2, 0) is 4.79 Å². The summed E-state index contributed by atoms with van der Waals surface area (Å²) in [5.74, 6) is 0.156.